The Morgan fingerprint density at radius 3 is 2.73 bits per heavy atom. The smallest absolute Gasteiger partial charge is 0.176 e. The molecule has 5 heterocycles. The van der Waals surface area contributed by atoms with Crippen LogP contribution in [0.25, 0.3) is 16.8 Å². The molecule has 0 bridgehead atoms. The Labute approximate surface area is 237 Å². The van der Waals surface area contributed by atoms with Gasteiger partial charge in [-0.1, -0.05) is 0 Å². The average Bonchev–Trinajstić information content (AvgIpc) is 3.57. The van der Waals surface area contributed by atoms with Crippen LogP contribution in [0.3, 0.4) is 0 Å². The number of hydrogen-bond acceptors (Lipinski definition) is 9. The second kappa shape index (κ2) is 11.3. The fraction of sp³-hybridized carbons (Fsp3) is 0.448. The molecule has 0 spiro atoms. The van der Waals surface area contributed by atoms with Crippen molar-refractivity contribution >= 4 is 5.52 Å². The molecule has 1 aliphatic carbocycles. The normalized spacial score (nSPS) is 19.9. The monoisotopic (exact) mass is 560 g/mol. The molecule has 2 N–H and O–H groups in total. The predicted octanol–water partition coefficient (Wildman–Crippen LogP) is 3.36. The Hall–Kier alpha value is -4.21. The summed E-state index contributed by atoms with van der Waals surface area (Å²) in [5.74, 6) is 0.497. The number of halogens is 1. The molecule has 41 heavy (non-hydrogen) atoms. The molecule has 1 atom stereocenters. The molecule has 214 valence electrons. The first-order chi connectivity index (χ1) is 20.0. The minimum Gasteiger partial charge on any atom is -0.493 e. The van der Waals surface area contributed by atoms with Gasteiger partial charge in [-0.2, -0.15) is 15.5 Å². The lowest BCUT2D eigenvalue weighted by atomic mass is 9.90. The first kappa shape index (κ1) is 27.0. The zero-order valence-electron chi connectivity index (χ0n) is 23.1. The van der Waals surface area contributed by atoms with Crippen molar-refractivity contribution in [2.75, 3.05) is 20.3 Å². The van der Waals surface area contributed by atoms with E-state index in [0.717, 1.165) is 68.3 Å². The van der Waals surface area contributed by atoms with Crippen molar-refractivity contribution in [3.05, 3.63) is 59.6 Å². The molecule has 4 aromatic rings. The van der Waals surface area contributed by atoms with Crippen LogP contribution in [0, 0.1) is 24.2 Å². The molecule has 1 saturated carbocycles. The van der Waals surface area contributed by atoms with Gasteiger partial charge in [0.05, 0.1) is 49.7 Å². The minimum atomic E-state index is -0.822. The number of nitrogens with zero attached hydrogens (tertiary/aromatic N) is 7. The van der Waals surface area contributed by atoms with E-state index in [2.05, 4.69) is 38.1 Å². The Bertz CT molecular complexity index is 1570. The van der Waals surface area contributed by atoms with Gasteiger partial charge >= 0.3 is 0 Å². The summed E-state index contributed by atoms with van der Waals surface area (Å²) in [6.07, 6.45) is 10.1. The van der Waals surface area contributed by atoms with Crippen molar-refractivity contribution in [3.8, 4) is 28.9 Å². The van der Waals surface area contributed by atoms with Crippen molar-refractivity contribution in [2.45, 2.75) is 63.9 Å². The number of nitriles is 1. The van der Waals surface area contributed by atoms with E-state index < -0.39 is 11.9 Å². The highest BCUT2D eigenvalue weighted by Gasteiger charge is 2.31. The Kier molecular flexibility index (Phi) is 7.47. The number of ether oxygens (including phenoxy) is 2. The summed E-state index contributed by atoms with van der Waals surface area (Å²) in [6.45, 7) is 4.30. The van der Waals surface area contributed by atoms with E-state index in [1.807, 2.05) is 12.3 Å². The highest BCUT2D eigenvalue weighted by Crippen LogP contribution is 2.37. The molecule has 0 saturated heterocycles. The number of fused-ring (bicyclic) bond motifs is 2. The third-order valence-corrected chi connectivity index (χ3v) is 8.31. The molecular formula is C29H33FN8O3. The summed E-state index contributed by atoms with van der Waals surface area (Å²) >= 11 is 0. The van der Waals surface area contributed by atoms with E-state index in [9.17, 15) is 9.50 Å². The maximum atomic E-state index is 13.5. The summed E-state index contributed by atoms with van der Waals surface area (Å²) < 4.78 is 29.1. The molecule has 1 aliphatic heterocycles. The molecule has 1 unspecified atom stereocenters. The van der Waals surface area contributed by atoms with Crippen LogP contribution in [0.5, 0.6) is 11.5 Å². The van der Waals surface area contributed by atoms with E-state index in [1.54, 1.807) is 17.8 Å². The van der Waals surface area contributed by atoms with Crippen LogP contribution in [-0.2, 0) is 13.1 Å². The molecular weight excluding hydrogens is 527 g/mol. The quantitative estimate of drug-likeness (QED) is 0.246. The van der Waals surface area contributed by atoms with Gasteiger partial charge in [-0.25, -0.2) is 8.91 Å². The van der Waals surface area contributed by atoms with E-state index in [0.29, 0.717) is 28.8 Å². The lowest BCUT2D eigenvalue weighted by molar-refractivity contribution is 0.112. The zero-order chi connectivity index (χ0) is 28.5. The number of hydrogen-bond donors (Lipinski definition) is 2. The van der Waals surface area contributed by atoms with E-state index in [-0.39, 0.29) is 12.6 Å². The fourth-order valence-electron chi connectivity index (χ4n) is 6.08. The van der Waals surface area contributed by atoms with Crippen LogP contribution >= 0.6 is 0 Å². The second-order valence-corrected chi connectivity index (χ2v) is 10.7. The van der Waals surface area contributed by atoms with Gasteiger partial charge in [0.25, 0.3) is 0 Å². The van der Waals surface area contributed by atoms with Crippen molar-refractivity contribution in [3.63, 3.8) is 0 Å². The van der Waals surface area contributed by atoms with Crippen LogP contribution in [0.2, 0.25) is 0 Å². The van der Waals surface area contributed by atoms with Gasteiger partial charge in [0.1, 0.15) is 5.82 Å². The highest BCUT2D eigenvalue weighted by atomic mass is 19.1. The van der Waals surface area contributed by atoms with Gasteiger partial charge in [0, 0.05) is 36.9 Å². The van der Waals surface area contributed by atoms with E-state index in [1.165, 1.54) is 17.8 Å². The third-order valence-electron chi connectivity index (χ3n) is 8.31. The van der Waals surface area contributed by atoms with Gasteiger partial charge in [-0.05, 0) is 56.4 Å². The molecule has 1 fully saturated rings. The summed E-state index contributed by atoms with van der Waals surface area (Å²) in [4.78, 5) is 6.65. The van der Waals surface area contributed by atoms with E-state index >= 15 is 0 Å². The van der Waals surface area contributed by atoms with Crippen molar-refractivity contribution < 1.29 is 19.0 Å². The van der Waals surface area contributed by atoms with Crippen LogP contribution in [0.4, 0.5) is 4.39 Å². The van der Waals surface area contributed by atoms with Gasteiger partial charge in [-0.3, -0.25) is 14.6 Å². The van der Waals surface area contributed by atoms with Gasteiger partial charge in [0.15, 0.2) is 29.3 Å². The third kappa shape index (κ3) is 5.18. The van der Waals surface area contributed by atoms with Crippen LogP contribution in [0.15, 0.2) is 36.8 Å². The largest absolute Gasteiger partial charge is 0.493 e. The zero-order valence-corrected chi connectivity index (χ0v) is 23.1. The molecule has 4 aromatic heterocycles. The van der Waals surface area contributed by atoms with Crippen LogP contribution in [-0.4, -0.2) is 66.7 Å². The Morgan fingerprint density at radius 2 is 2.02 bits per heavy atom. The van der Waals surface area contributed by atoms with Crippen molar-refractivity contribution in [1.82, 2.24) is 34.6 Å². The van der Waals surface area contributed by atoms with Gasteiger partial charge in [-0.15, -0.1) is 0 Å². The number of aromatic nitrogens is 5. The van der Waals surface area contributed by atoms with E-state index in [4.69, 9.17) is 19.8 Å². The topological polar surface area (TPSA) is 126 Å². The first-order valence-corrected chi connectivity index (χ1v) is 13.9. The molecule has 0 radical (unpaired) electrons. The first-order valence-electron chi connectivity index (χ1n) is 13.9. The number of aliphatic hydroxyl groups is 1. The fourth-order valence-corrected chi connectivity index (χ4v) is 6.08. The van der Waals surface area contributed by atoms with Crippen LogP contribution < -0.4 is 14.8 Å². The summed E-state index contributed by atoms with van der Waals surface area (Å²) in [5.41, 5.74) is 4.94. The predicted molar refractivity (Wildman–Crippen MR) is 148 cm³/mol. The Balaban J connectivity index is 1.30. The SMILES string of the molecule is COc1cnn2cc(-c3nn4c(c3C)CN(C3CCC(NC#N)CC3)CC4)cc(OC(CO)c3ccc(F)cn3)c12. The van der Waals surface area contributed by atoms with Gasteiger partial charge in [0.2, 0.25) is 0 Å². The molecule has 6 rings (SSSR count). The minimum absolute atomic E-state index is 0.288. The average molecular weight is 561 g/mol. The van der Waals surface area contributed by atoms with Gasteiger partial charge < -0.3 is 19.9 Å². The summed E-state index contributed by atoms with van der Waals surface area (Å²) in [5, 5.41) is 31.5. The molecule has 11 nitrogen and oxygen atoms in total. The second-order valence-electron chi connectivity index (χ2n) is 10.7. The number of pyridine rings is 2. The molecule has 2 aliphatic rings. The molecule has 0 amide bonds. The summed E-state index contributed by atoms with van der Waals surface area (Å²) in [7, 11) is 1.56. The number of methoxy groups -OCH3 is 1. The Morgan fingerprint density at radius 1 is 1.20 bits per heavy atom. The summed E-state index contributed by atoms with van der Waals surface area (Å²) in [6, 6.07) is 5.46. The van der Waals surface area contributed by atoms with Crippen molar-refractivity contribution in [1.29, 1.82) is 5.26 Å². The maximum absolute atomic E-state index is 13.5. The standard InChI is InChI=1S/C29H33FN8O3/c1-18-24-15-36(22-6-4-21(5-7-22)33-17-31)9-10-37(24)35-28(18)19-11-25(29-26(40-2)13-34-38(29)14-19)41-27(16-39)23-8-3-20(30)12-32-23/h3,8,11-14,21-22,27,33,39H,4-7,9-10,15-16H2,1-2H3. The number of rotatable bonds is 8. The number of aliphatic hydroxyl groups excluding tert-OH is 1. The molecule has 0 aromatic carbocycles. The maximum Gasteiger partial charge on any atom is 0.176 e. The highest BCUT2D eigenvalue weighted by molar-refractivity contribution is 5.75. The molecule has 12 heteroatoms. The van der Waals surface area contributed by atoms with Crippen molar-refractivity contribution in [2.24, 2.45) is 0 Å². The lowest BCUT2D eigenvalue weighted by Gasteiger charge is -2.38. The number of nitrogens with one attached hydrogen (secondary N) is 1. The van der Waals surface area contributed by atoms with Crippen LogP contribution in [0.1, 0.15) is 48.7 Å². The lowest BCUT2D eigenvalue weighted by Crippen LogP contribution is -2.45.